The smallest absolute Gasteiger partial charge is 0.270 e. The topological polar surface area (TPSA) is 58.1 Å². The molecule has 2 aromatic carbocycles. The van der Waals surface area contributed by atoms with E-state index in [0.717, 1.165) is 36.5 Å². The minimum Gasteiger partial charge on any atom is -0.351 e. The van der Waals surface area contributed by atoms with Gasteiger partial charge in [-0.1, -0.05) is 55.5 Å². The van der Waals surface area contributed by atoms with E-state index in [4.69, 9.17) is 4.98 Å². The molecule has 1 aliphatic heterocycles. The van der Waals surface area contributed by atoms with Crippen molar-refractivity contribution in [3.05, 3.63) is 71.9 Å². The molecule has 0 aliphatic carbocycles. The minimum atomic E-state index is -0.162. The normalized spacial score (nSPS) is 12.7. The lowest BCUT2D eigenvalue weighted by molar-refractivity contribution is 0.0948. The van der Waals surface area contributed by atoms with Crippen LogP contribution in [0.5, 0.6) is 0 Å². The number of nitrogens with one attached hydrogen (secondary N) is 1. The van der Waals surface area contributed by atoms with E-state index < -0.39 is 0 Å². The summed E-state index contributed by atoms with van der Waals surface area (Å²) in [7, 11) is 0. The Kier molecular flexibility index (Phi) is 4.83. The first-order valence-electron chi connectivity index (χ1n) is 9.34. The molecule has 0 spiro atoms. The van der Waals surface area contributed by atoms with Gasteiger partial charge in [0.2, 0.25) is 0 Å². The molecular weight excluding hydrogens is 336 g/mol. The lowest BCUT2D eigenvalue weighted by Crippen LogP contribution is -2.26. The van der Waals surface area contributed by atoms with Gasteiger partial charge in [-0.15, -0.1) is 0 Å². The maximum absolute atomic E-state index is 12.6. The van der Waals surface area contributed by atoms with E-state index in [0.29, 0.717) is 18.1 Å². The van der Waals surface area contributed by atoms with Crippen LogP contribution < -0.4 is 10.2 Å². The Morgan fingerprint density at radius 3 is 2.67 bits per heavy atom. The number of rotatable bonds is 5. The number of carbonyl (C=O) groups excluding carboxylic acids is 1. The number of benzene rings is 2. The number of hydrogen-bond acceptors (Lipinski definition) is 4. The molecule has 0 atom stereocenters. The average molecular weight is 358 g/mol. The van der Waals surface area contributed by atoms with Crippen molar-refractivity contribution in [3.63, 3.8) is 0 Å². The molecule has 1 N–H and O–H groups in total. The molecule has 0 saturated carbocycles. The summed E-state index contributed by atoms with van der Waals surface area (Å²) in [5.41, 5.74) is 3.75. The first-order chi connectivity index (χ1) is 13.3. The monoisotopic (exact) mass is 358 g/mol. The number of para-hydroxylation sites is 1. The maximum Gasteiger partial charge on any atom is 0.270 e. The minimum absolute atomic E-state index is 0.162. The standard InChI is InChI=1S/C22H22N4O/c1-2-13-23-22(27)18-15-20(25-21(24-18)17-9-4-3-5-10-17)26-14-12-16-8-6-7-11-19(16)26/h3-11,15H,2,12-14H2,1H3,(H,23,27). The second-order valence-corrected chi connectivity index (χ2v) is 6.59. The fourth-order valence-electron chi connectivity index (χ4n) is 3.31. The summed E-state index contributed by atoms with van der Waals surface area (Å²) in [4.78, 5) is 24.1. The largest absolute Gasteiger partial charge is 0.351 e. The van der Waals surface area contributed by atoms with Gasteiger partial charge in [-0.05, 0) is 24.5 Å². The van der Waals surface area contributed by atoms with Gasteiger partial charge in [0.05, 0.1) is 0 Å². The third-order valence-electron chi connectivity index (χ3n) is 4.68. The van der Waals surface area contributed by atoms with Crippen molar-refractivity contribution < 1.29 is 4.79 Å². The highest BCUT2D eigenvalue weighted by atomic mass is 16.1. The number of aromatic nitrogens is 2. The van der Waals surface area contributed by atoms with Gasteiger partial charge in [0.25, 0.3) is 5.91 Å². The van der Waals surface area contributed by atoms with Crippen molar-refractivity contribution in [1.82, 2.24) is 15.3 Å². The van der Waals surface area contributed by atoms with Crippen molar-refractivity contribution in [2.75, 3.05) is 18.0 Å². The zero-order valence-electron chi connectivity index (χ0n) is 15.4. The predicted molar refractivity (Wildman–Crippen MR) is 107 cm³/mol. The van der Waals surface area contributed by atoms with E-state index >= 15 is 0 Å². The molecule has 0 unspecified atom stereocenters. The van der Waals surface area contributed by atoms with Crippen LogP contribution in [0.15, 0.2) is 60.7 Å². The summed E-state index contributed by atoms with van der Waals surface area (Å²) < 4.78 is 0. The lowest BCUT2D eigenvalue weighted by atomic mass is 10.2. The fraction of sp³-hybridized carbons (Fsp3) is 0.227. The van der Waals surface area contributed by atoms with Crippen molar-refractivity contribution in [2.24, 2.45) is 0 Å². The quantitative estimate of drug-likeness (QED) is 0.749. The number of anilines is 2. The third-order valence-corrected chi connectivity index (χ3v) is 4.68. The maximum atomic E-state index is 12.6. The molecule has 1 aliphatic rings. The summed E-state index contributed by atoms with van der Waals surface area (Å²) in [6.45, 7) is 3.51. The van der Waals surface area contributed by atoms with Crippen LogP contribution in [0.25, 0.3) is 11.4 Å². The summed E-state index contributed by atoms with van der Waals surface area (Å²) >= 11 is 0. The predicted octanol–water partition coefficient (Wildman–Crippen LogP) is 3.98. The Balaban J connectivity index is 1.78. The van der Waals surface area contributed by atoms with Crippen LogP contribution in [0.3, 0.4) is 0 Å². The van der Waals surface area contributed by atoms with Crippen molar-refractivity contribution in [2.45, 2.75) is 19.8 Å². The van der Waals surface area contributed by atoms with Crippen molar-refractivity contribution in [3.8, 4) is 11.4 Å². The molecule has 0 fully saturated rings. The van der Waals surface area contributed by atoms with Gasteiger partial charge in [0.15, 0.2) is 5.82 Å². The van der Waals surface area contributed by atoms with E-state index in [9.17, 15) is 4.79 Å². The Labute approximate surface area is 159 Å². The molecule has 27 heavy (non-hydrogen) atoms. The highest BCUT2D eigenvalue weighted by Crippen LogP contribution is 2.34. The molecule has 2 heterocycles. The van der Waals surface area contributed by atoms with Gasteiger partial charge >= 0.3 is 0 Å². The van der Waals surface area contributed by atoms with Crippen LogP contribution in [0.2, 0.25) is 0 Å². The zero-order valence-corrected chi connectivity index (χ0v) is 15.4. The molecule has 3 aromatic rings. The zero-order chi connectivity index (χ0) is 18.6. The van der Waals surface area contributed by atoms with E-state index in [1.165, 1.54) is 5.56 Å². The van der Waals surface area contributed by atoms with Crippen LogP contribution in [-0.4, -0.2) is 29.0 Å². The number of amides is 1. The number of hydrogen-bond donors (Lipinski definition) is 1. The molecular formula is C22H22N4O. The number of carbonyl (C=O) groups is 1. The molecule has 4 rings (SSSR count). The van der Waals surface area contributed by atoms with Crippen molar-refractivity contribution in [1.29, 1.82) is 0 Å². The first kappa shape index (κ1) is 17.2. The van der Waals surface area contributed by atoms with Gasteiger partial charge in [0, 0.05) is 30.4 Å². The molecule has 0 bridgehead atoms. The van der Waals surface area contributed by atoms with Gasteiger partial charge < -0.3 is 10.2 Å². The average Bonchev–Trinajstić information content (AvgIpc) is 3.16. The molecule has 5 nitrogen and oxygen atoms in total. The Morgan fingerprint density at radius 1 is 1.07 bits per heavy atom. The van der Waals surface area contributed by atoms with E-state index in [1.54, 1.807) is 6.07 Å². The highest BCUT2D eigenvalue weighted by molar-refractivity contribution is 5.93. The molecule has 1 aromatic heterocycles. The summed E-state index contributed by atoms with van der Waals surface area (Å²) in [5.74, 6) is 1.17. The van der Waals surface area contributed by atoms with Crippen molar-refractivity contribution >= 4 is 17.4 Å². The first-order valence-corrected chi connectivity index (χ1v) is 9.34. The van der Waals surface area contributed by atoms with E-state index in [1.807, 2.05) is 43.3 Å². The second kappa shape index (κ2) is 7.58. The van der Waals surface area contributed by atoms with Gasteiger partial charge in [-0.25, -0.2) is 9.97 Å². The lowest BCUT2D eigenvalue weighted by Gasteiger charge is -2.20. The summed E-state index contributed by atoms with van der Waals surface area (Å²) in [6, 6.07) is 19.9. The Morgan fingerprint density at radius 2 is 1.85 bits per heavy atom. The third kappa shape index (κ3) is 3.53. The molecule has 136 valence electrons. The summed E-state index contributed by atoms with van der Waals surface area (Å²) in [5, 5.41) is 2.92. The summed E-state index contributed by atoms with van der Waals surface area (Å²) in [6.07, 6.45) is 1.85. The molecule has 0 saturated heterocycles. The van der Waals surface area contributed by atoms with Crippen LogP contribution in [0.4, 0.5) is 11.5 Å². The van der Waals surface area contributed by atoms with Gasteiger partial charge in [0.1, 0.15) is 11.5 Å². The molecule has 0 radical (unpaired) electrons. The van der Waals surface area contributed by atoms with Crippen LogP contribution >= 0.6 is 0 Å². The van der Waals surface area contributed by atoms with E-state index in [-0.39, 0.29) is 5.91 Å². The van der Waals surface area contributed by atoms with Crippen LogP contribution in [-0.2, 0) is 6.42 Å². The molecule has 1 amide bonds. The number of fused-ring (bicyclic) bond motifs is 1. The Hall–Kier alpha value is -3.21. The van der Waals surface area contributed by atoms with Crippen LogP contribution in [0.1, 0.15) is 29.4 Å². The highest BCUT2D eigenvalue weighted by Gasteiger charge is 2.23. The Bertz CT molecular complexity index is 956. The van der Waals surface area contributed by atoms with Gasteiger partial charge in [-0.3, -0.25) is 4.79 Å². The number of nitrogens with zero attached hydrogens (tertiary/aromatic N) is 3. The van der Waals surface area contributed by atoms with E-state index in [2.05, 4.69) is 33.4 Å². The van der Waals surface area contributed by atoms with Crippen LogP contribution in [0, 0.1) is 0 Å². The molecule has 5 heteroatoms. The fourth-order valence-corrected chi connectivity index (χ4v) is 3.31. The SMILES string of the molecule is CCCNC(=O)c1cc(N2CCc3ccccc32)nc(-c2ccccc2)n1. The second-order valence-electron chi connectivity index (χ2n) is 6.59. The van der Waals surface area contributed by atoms with Gasteiger partial charge in [-0.2, -0.15) is 0 Å².